The highest BCUT2D eigenvalue weighted by Crippen LogP contribution is 2.37. The Balaban J connectivity index is 1.78. The molecule has 2 aliphatic heterocycles. The van der Waals surface area contributed by atoms with Crippen LogP contribution in [-0.2, 0) is 6.54 Å². The van der Waals surface area contributed by atoms with Gasteiger partial charge in [-0.3, -0.25) is 4.79 Å². The summed E-state index contributed by atoms with van der Waals surface area (Å²) < 4.78 is 12.9. The van der Waals surface area contributed by atoms with Gasteiger partial charge >= 0.3 is 0 Å². The van der Waals surface area contributed by atoms with Gasteiger partial charge < -0.3 is 19.4 Å². The van der Waals surface area contributed by atoms with Crippen LogP contribution in [0.15, 0.2) is 36.4 Å². The lowest BCUT2D eigenvalue weighted by Crippen LogP contribution is -2.24. The number of hydrogen-bond acceptors (Lipinski definition) is 4. The zero-order valence-electron chi connectivity index (χ0n) is 12.2. The summed E-state index contributed by atoms with van der Waals surface area (Å²) in [5, 5.41) is 2.93. The first-order valence-electron chi connectivity index (χ1n) is 7.49. The molecule has 0 saturated carbocycles. The Morgan fingerprint density at radius 3 is 3.00 bits per heavy atom. The number of benzene rings is 2. The Morgan fingerprint density at radius 1 is 1.13 bits per heavy atom. The number of para-hydroxylation sites is 1. The third-order valence-corrected chi connectivity index (χ3v) is 4.26. The van der Waals surface area contributed by atoms with Gasteiger partial charge in [0.25, 0.3) is 5.91 Å². The maximum atomic E-state index is 12.2. The van der Waals surface area contributed by atoms with Crippen LogP contribution in [-0.4, -0.2) is 28.8 Å². The van der Waals surface area contributed by atoms with Crippen molar-refractivity contribution in [3.63, 3.8) is 0 Å². The minimum Gasteiger partial charge on any atom is -0.454 e. The molecular formula is C17H13N3O3. The molecule has 6 nitrogen and oxygen atoms in total. The number of imidazole rings is 1. The first-order valence-corrected chi connectivity index (χ1v) is 7.49. The van der Waals surface area contributed by atoms with Crippen LogP contribution in [0.1, 0.15) is 10.4 Å². The van der Waals surface area contributed by atoms with Gasteiger partial charge in [-0.2, -0.15) is 0 Å². The predicted molar refractivity (Wildman–Crippen MR) is 83.6 cm³/mol. The van der Waals surface area contributed by atoms with Crippen LogP contribution >= 0.6 is 0 Å². The quantitative estimate of drug-likeness (QED) is 0.748. The average molecular weight is 307 g/mol. The number of ether oxygens (including phenoxy) is 2. The molecule has 1 aromatic heterocycles. The van der Waals surface area contributed by atoms with Gasteiger partial charge in [-0.05, 0) is 30.3 Å². The lowest BCUT2D eigenvalue weighted by molar-refractivity contribution is 0.0956. The average Bonchev–Trinajstić information content (AvgIpc) is 3.13. The number of carbonyl (C=O) groups excluding carboxylic acids is 1. The van der Waals surface area contributed by atoms with Gasteiger partial charge in [0, 0.05) is 18.7 Å². The molecule has 0 radical (unpaired) electrons. The molecule has 3 aromatic rings. The number of nitrogens with zero attached hydrogens (tertiary/aromatic N) is 2. The van der Waals surface area contributed by atoms with E-state index in [9.17, 15) is 4.79 Å². The van der Waals surface area contributed by atoms with Gasteiger partial charge in [-0.15, -0.1) is 0 Å². The summed E-state index contributed by atoms with van der Waals surface area (Å²) in [5.41, 5.74) is 3.33. The highest BCUT2D eigenvalue weighted by molar-refractivity contribution is 6.06. The first kappa shape index (κ1) is 12.5. The summed E-state index contributed by atoms with van der Waals surface area (Å²) in [5.74, 6) is 2.26. The van der Waals surface area contributed by atoms with Crippen molar-refractivity contribution >= 4 is 16.9 Å². The molecule has 1 amide bonds. The minimum atomic E-state index is -0.0495. The second-order valence-electron chi connectivity index (χ2n) is 5.58. The van der Waals surface area contributed by atoms with E-state index in [0.717, 1.165) is 33.9 Å². The Bertz CT molecular complexity index is 961. The van der Waals surface area contributed by atoms with E-state index in [4.69, 9.17) is 14.5 Å². The van der Waals surface area contributed by atoms with E-state index in [1.807, 2.05) is 36.4 Å². The topological polar surface area (TPSA) is 65.4 Å². The van der Waals surface area contributed by atoms with E-state index in [1.54, 1.807) is 0 Å². The van der Waals surface area contributed by atoms with Gasteiger partial charge in [0.1, 0.15) is 5.82 Å². The fraction of sp³-hybridized carbons (Fsp3) is 0.176. The SMILES string of the molecule is O=C1NCCn2c(-c3ccc4c(c3)OCO4)nc3cccc1c32. The lowest BCUT2D eigenvalue weighted by atomic mass is 10.1. The second kappa shape index (κ2) is 4.49. The molecule has 1 N–H and O–H groups in total. The second-order valence-corrected chi connectivity index (χ2v) is 5.58. The molecule has 5 rings (SSSR count). The maximum Gasteiger partial charge on any atom is 0.253 e. The molecule has 6 heteroatoms. The van der Waals surface area contributed by atoms with Crippen molar-refractivity contribution in [2.45, 2.75) is 6.54 Å². The summed E-state index contributed by atoms with van der Waals surface area (Å²) in [4.78, 5) is 16.9. The van der Waals surface area contributed by atoms with Crippen LogP contribution < -0.4 is 14.8 Å². The Labute approximate surface area is 131 Å². The van der Waals surface area contributed by atoms with E-state index in [2.05, 4.69) is 9.88 Å². The number of fused-ring (bicyclic) bond motifs is 1. The van der Waals surface area contributed by atoms with Crippen molar-refractivity contribution in [2.24, 2.45) is 0 Å². The summed E-state index contributed by atoms with van der Waals surface area (Å²) in [6, 6.07) is 11.4. The van der Waals surface area contributed by atoms with Gasteiger partial charge in [0.05, 0.1) is 16.6 Å². The molecule has 0 spiro atoms. The number of aromatic nitrogens is 2. The maximum absolute atomic E-state index is 12.2. The van der Waals surface area contributed by atoms with Gasteiger partial charge in [-0.25, -0.2) is 4.98 Å². The largest absolute Gasteiger partial charge is 0.454 e. The molecular weight excluding hydrogens is 294 g/mol. The smallest absolute Gasteiger partial charge is 0.253 e. The molecule has 2 aromatic carbocycles. The van der Waals surface area contributed by atoms with Crippen LogP contribution in [0.4, 0.5) is 0 Å². The Kier molecular flexibility index (Phi) is 2.44. The van der Waals surface area contributed by atoms with E-state index in [-0.39, 0.29) is 12.7 Å². The monoisotopic (exact) mass is 307 g/mol. The summed E-state index contributed by atoms with van der Waals surface area (Å²) in [6.07, 6.45) is 0. The van der Waals surface area contributed by atoms with Crippen LogP contribution in [0.5, 0.6) is 11.5 Å². The molecule has 23 heavy (non-hydrogen) atoms. The van der Waals surface area contributed by atoms with Crippen LogP contribution in [0.2, 0.25) is 0 Å². The fourth-order valence-corrected chi connectivity index (χ4v) is 3.22. The number of hydrogen-bond donors (Lipinski definition) is 1. The molecule has 0 fully saturated rings. The van der Waals surface area contributed by atoms with Crippen molar-refractivity contribution < 1.29 is 14.3 Å². The van der Waals surface area contributed by atoms with Crippen molar-refractivity contribution in [3.05, 3.63) is 42.0 Å². The summed E-state index contributed by atoms with van der Waals surface area (Å²) in [7, 11) is 0. The molecule has 0 saturated heterocycles. The van der Waals surface area contributed by atoms with E-state index in [0.29, 0.717) is 18.7 Å². The lowest BCUT2D eigenvalue weighted by Gasteiger charge is -2.07. The minimum absolute atomic E-state index is 0.0495. The van der Waals surface area contributed by atoms with Crippen LogP contribution in [0.25, 0.3) is 22.4 Å². The van der Waals surface area contributed by atoms with Crippen LogP contribution in [0.3, 0.4) is 0 Å². The number of rotatable bonds is 1. The molecule has 2 aliphatic rings. The first-order chi connectivity index (χ1) is 11.3. The summed E-state index contributed by atoms with van der Waals surface area (Å²) in [6.45, 7) is 1.51. The highest BCUT2D eigenvalue weighted by Gasteiger charge is 2.23. The Hall–Kier alpha value is -3.02. The van der Waals surface area contributed by atoms with Crippen molar-refractivity contribution in [1.82, 2.24) is 14.9 Å². The standard InChI is InChI=1S/C17H13N3O3/c21-17-11-2-1-3-12-15(11)20(7-6-18-17)16(19-12)10-4-5-13-14(8-10)23-9-22-13/h1-5,8H,6-7,9H2,(H,18,21). The summed E-state index contributed by atoms with van der Waals surface area (Å²) >= 11 is 0. The normalized spacial score (nSPS) is 15.6. The number of carbonyl (C=O) groups is 1. The molecule has 3 heterocycles. The van der Waals surface area contributed by atoms with E-state index >= 15 is 0 Å². The third-order valence-electron chi connectivity index (χ3n) is 4.26. The zero-order valence-corrected chi connectivity index (χ0v) is 12.2. The van der Waals surface area contributed by atoms with E-state index < -0.39 is 0 Å². The number of amides is 1. The molecule has 0 bridgehead atoms. The predicted octanol–water partition coefficient (Wildman–Crippen LogP) is 2.18. The highest BCUT2D eigenvalue weighted by atomic mass is 16.7. The number of nitrogens with one attached hydrogen (secondary N) is 1. The molecule has 114 valence electrons. The van der Waals surface area contributed by atoms with Crippen molar-refractivity contribution in [1.29, 1.82) is 0 Å². The van der Waals surface area contributed by atoms with Gasteiger partial charge in [0.15, 0.2) is 11.5 Å². The third kappa shape index (κ3) is 1.75. The molecule has 0 atom stereocenters. The molecule has 0 unspecified atom stereocenters. The van der Waals surface area contributed by atoms with Crippen LogP contribution in [0, 0.1) is 0 Å². The van der Waals surface area contributed by atoms with Crippen molar-refractivity contribution in [3.8, 4) is 22.9 Å². The van der Waals surface area contributed by atoms with E-state index in [1.165, 1.54) is 0 Å². The Morgan fingerprint density at radius 2 is 2.04 bits per heavy atom. The van der Waals surface area contributed by atoms with Gasteiger partial charge in [-0.1, -0.05) is 6.07 Å². The fourth-order valence-electron chi connectivity index (χ4n) is 3.22. The molecule has 0 aliphatic carbocycles. The zero-order chi connectivity index (χ0) is 15.4. The van der Waals surface area contributed by atoms with Gasteiger partial charge in [0.2, 0.25) is 6.79 Å². The van der Waals surface area contributed by atoms with Crippen molar-refractivity contribution in [2.75, 3.05) is 13.3 Å².